The summed E-state index contributed by atoms with van der Waals surface area (Å²) in [5, 5.41) is 5.25. The first-order valence-corrected chi connectivity index (χ1v) is 5.88. The van der Waals surface area contributed by atoms with E-state index in [9.17, 15) is 0 Å². The average molecular weight is 230 g/mol. The third kappa shape index (κ3) is 2.38. The molecule has 1 aliphatic heterocycles. The molecule has 3 nitrogen and oxygen atoms in total. The second kappa shape index (κ2) is 4.47. The van der Waals surface area contributed by atoms with E-state index in [0.29, 0.717) is 10.4 Å². The molecule has 1 saturated heterocycles. The molecular weight excluding hydrogens is 218 g/mol. The van der Waals surface area contributed by atoms with E-state index < -0.39 is 0 Å². The standard InChI is InChI=1S/C9H12ClN3S/c1-6-4-12-9(13-8(6)10)14-7-2-3-11-5-7/h4,7,11H,2-3,5H2,1H3/t7-/m0/s1. The molecule has 0 spiro atoms. The van der Waals surface area contributed by atoms with Crippen LogP contribution in [0.2, 0.25) is 5.15 Å². The fourth-order valence-corrected chi connectivity index (χ4v) is 2.51. The predicted molar refractivity (Wildman–Crippen MR) is 58.9 cm³/mol. The fraction of sp³-hybridized carbons (Fsp3) is 0.556. The summed E-state index contributed by atoms with van der Waals surface area (Å²) in [6.45, 7) is 4.05. The van der Waals surface area contributed by atoms with Crippen molar-refractivity contribution in [1.82, 2.24) is 15.3 Å². The van der Waals surface area contributed by atoms with Gasteiger partial charge in [-0.2, -0.15) is 0 Å². The first kappa shape index (κ1) is 10.2. The van der Waals surface area contributed by atoms with Crippen molar-refractivity contribution >= 4 is 23.4 Å². The number of nitrogens with one attached hydrogen (secondary N) is 1. The van der Waals surface area contributed by atoms with Gasteiger partial charge in [0, 0.05) is 23.6 Å². The molecule has 0 amide bonds. The van der Waals surface area contributed by atoms with Crippen LogP contribution in [0, 0.1) is 6.92 Å². The van der Waals surface area contributed by atoms with Crippen molar-refractivity contribution in [2.75, 3.05) is 13.1 Å². The van der Waals surface area contributed by atoms with Crippen LogP contribution in [-0.2, 0) is 0 Å². The number of hydrogen-bond acceptors (Lipinski definition) is 4. The minimum Gasteiger partial charge on any atom is -0.316 e. The number of aromatic nitrogens is 2. The molecule has 1 fully saturated rings. The zero-order valence-corrected chi connectivity index (χ0v) is 9.53. The Hall–Kier alpha value is -0.320. The number of thioether (sulfide) groups is 1. The van der Waals surface area contributed by atoms with Crippen LogP contribution in [0.25, 0.3) is 0 Å². The molecular formula is C9H12ClN3S. The Morgan fingerprint density at radius 1 is 1.64 bits per heavy atom. The molecule has 1 aromatic heterocycles. The van der Waals surface area contributed by atoms with Gasteiger partial charge in [0.1, 0.15) is 5.15 Å². The lowest BCUT2D eigenvalue weighted by Gasteiger charge is -2.06. The molecule has 0 radical (unpaired) electrons. The Labute approximate surface area is 92.7 Å². The molecule has 5 heteroatoms. The molecule has 1 N–H and O–H groups in total. The summed E-state index contributed by atoms with van der Waals surface area (Å²) in [6.07, 6.45) is 2.96. The number of halogens is 1. The van der Waals surface area contributed by atoms with E-state index in [-0.39, 0.29) is 0 Å². The van der Waals surface area contributed by atoms with Crippen LogP contribution in [0.15, 0.2) is 11.4 Å². The number of nitrogens with zero attached hydrogens (tertiary/aromatic N) is 2. The molecule has 76 valence electrons. The van der Waals surface area contributed by atoms with Gasteiger partial charge in [-0.05, 0) is 19.9 Å². The van der Waals surface area contributed by atoms with E-state index in [1.54, 1.807) is 18.0 Å². The molecule has 1 aromatic rings. The smallest absolute Gasteiger partial charge is 0.189 e. The highest BCUT2D eigenvalue weighted by atomic mass is 35.5. The van der Waals surface area contributed by atoms with Gasteiger partial charge in [-0.25, -0.2) is 9.97 Å². The van der Waals surface area contributed by atoms with E-state index in [0.717, 1.165) is 23.8 Å². The summed E-state index contributed by atoms with van der Waals surface area (Å²) in [7, 11) is 0. The zero-order valence-electron chi connectivity index (χ0n) is 7.96. The Morgan fingerprint density at radius 2 is 2.50 bits per heavy atom. The van der Waals surface area contributed by atoms with Gasteiger partial charge in [0.15, 0.2) is 5.16 Å². The van der Waals surface area contributed by atoms with Crippen LogP contribution >= 0.6 is 23.4 Å². The van der Waals surface area contributed by atoms with Crippen molar-refractivity contribution in [2.24, 2.45) is 0 Å². The number of rotatable bonds is 2. The summed E-state index contributed by atoms with van der Waals surface area (Å²) in [5.41, 5.74) is 0.931. The molecule has 2 heterocycles. The van der Waals surface area contributed by atoms with Gasteiger partial charge in [0.2, 0.25) is 0 Å². The first-order valence-electron chi connectivity index (χ1n) is 4.62. The summed E-state index contributed by atoms with van der Waals surface area (Å²) in [4.78, 5) is 8.47. The van der Waals surface area contributed by atoms with Crippen LogP contribution in [0.1, 0.15) is 12.0 Å². The summed E-state index contributed by atoms with van der Waals surface area (Å²) >= 11 is 7.62. The molecule has 0 saturated carbocycles. The van der Waals surface area contributed by atoms with Crippen LogP contribution in [-0.4, -0.2) is 28.3 Å². The van der Waals surface area contributed by atoms with E-state index in [4.69, 9.17) is 11.6 Å². The maximum absolute atomic E-state index is 5.92. The predicted octanol–water partition coefficient (Wildman–Crippen LogP) is 1.89. The highest BCUT2D eigenvalue weighted by Gasteiger charge is 2.17. The van der Waals surface area contributed by atoms with Crippen molar-refractivity contribution in [3.05, 3.63) is 16.9 Å². The van der Waals surface area contributed by atoms with Gasteiger partial charge < -0.3 is 5.32 Å². The van der Waals surface area contributed by atoms with Crippen molar-refractivity contribution in [3.63, 3.8) is 0 Å². The first-order chi connectivity index (χ1) is 6.75. The summed E-state index contributed by atoms with van der Waals surface area (Å²) < 4.78 is 0. The minimum atomic E-state index is 0.563. The highest BCUT2D eigenvalue weighted by molar-refractivity contribution is 7.99. The van der Waals surface area contributed by atoms with Crippen LogP contribution < -0.4 is 5.32 Å². The van der Waals surface area contributed by atoms with E-state index in [2.05, 4.69) is 15.3 Å². The zero-order chi connectivity index (χ0) is 9.97. The largest absolute Gasteiger partial charge is 0.316 e. The third-order valence-electron chi connectivity index (χ3n) is 2.18. The normalized spacial score (nSPS) is 21.4. The van der Waals surface area contributed by atoms with Crippen molar-refractivity contribution in [2.45, 2.75) is 23.8 Å². The molecule has 1 aliphatic rings. The highest BCUT2D eigenvalue weighted by Crippen LogP contribution is 2.25. The lowest BCUT2D eigenvalue weighted by atomic mass is 10.4. The lowest BCUT2D eigenvalue weighted by Crippen LogP contribution is -2.10. The van der Waals surface area contributed by atoms with Gasteiger partial charge in [0.25, 0.3) is 0 Å². The number of aryl methyl sites for hydroxylation is 1. The lowest BCUT2D eigenvalue weighted by molar-refractivity contribution is 0.857. The van der Waals surface area contributed by atoms with Crippen LogP contribution in [0.3, 0.4) is 0 Å². The second-order valence-corrected chi connectivity index (χ2v) is 4.98. The Balaban J connectivity index is 2.05. The van der Waals surface area contributed by atoms with Gasteiger partial charge in [0.05, 0.1) is 0 Å². The summed E-state index contributed by atoms with van der Waals surface area (Å²) in [6, 6.07) is 0. The van der Waals surface area contributed by atoms with Gasteiger partial charge in [-0.1, -0.05) is 23.4 Å². The monoisotopic (exact) mass is 229 g/mol. The molecule has 2 rings (SSSR count). The van der Waals surface area contributed by atoms with Crippen molar-refractivity contribution < 1.29 is 0 Å². The minimum absolute atomic E-state index is 0.563. The van der Waals surface area contributed by atoms with Gasteiger partial charge >= 0.3 is 0 Å². The summed E-state index contributed by atoms with van der Waals surface area (Å²) in [5.74, 6) is 0. The second-order valence-electron chi connectivity index (χ2n) is 3.36. The Kier molecular flexibility index (Phi) is 3.26. The molecule has 0 bridgehead atoms. The fourth-order valence-electron chi connectivity index (χ4n) is 1.34. The molecule has 1 atom stereocenters. The topological polar surface area (TPSA) is 37.8 Å². The number of hydrogen-bond donors (Lipinski definition) is 1. The van der Waals surface area contributed by atoms with E-state index in [1.165, 1.54) is 6.42 Å². The van der Waals surface area contributed by atoms with Gasteiger partial charge in [-0.3, -0.25) is 0 Å². The maximum Gasteiger partial charge on any atom is 0.189 e. The van der Waals surface area contributed by atoms with Gasteiger partial charge in [-0.15, -0.1) is 0 Å². The average Bonchev–Trinajstić information content (AvgIpc) is 2.64. The maximum atomic E-state index is 5.92. The molecule has 0 aliphatic carbocycles. The third-order valence-corrected chi connectivity index (χ3v) is 3.70. The van der Waals surface area contributed by atoms with E-state index >= 15 is 0 Å². The Morgan fingerprint density at radius 3 is 3.14 bits per heavy atom. The van der Waals surface area contributed by atoms with Crippen molar-refractivity contribution in [1.29, 1.82) is 0 Å². The van der Waals surface area contributed by atoms with Crippen LogP contribution in [0.5, 0.6) is 0 Å². The van der Waals surface area contributed by atoms with Crippen molar-refractivity contribution in [3.8, 4) is 0 Å². The van der Waals surface area contributed by atoms with Crippen LogP contribution in [0.4, 0.5) is 0 Å². The SMILES string of the molecule is Cc1cnc(S[C@H]2CCNC2)nc1Cl. The quantitative estimate of drug-likeness (QED) is 0.621. The molecule has 14 heavy (non-hydrogen) atoms. The molecule has 0 aromatic carbocycles. The Bertz CT molecular complexity index is 326. The van der Waals surface area contributed by atoms with E-state index in [1.807, 2.05) is 6.92 Å². The molecule has 0 unspecified atom stereocenters.